The lowest BCUT2D eigenvalue weighted by Gasteiger charge is -2.35. The van der Waals surface area contributed by atoms with Gasteiger partial charge in [0.15, 0.2) is 0 Å². The minimum atomic E-state index is -0.480. The first-order valence-corrected chi connectivity index (χ1v) is 10.6. The van der Waals surface area contributed by atoms with Gasteiger partial charge in [0.25, 0.3) is 0 Å². The van der Waals surface area contributed by atoms with Crippen LogP contribution in [0.15, 0.2) is 54.6 Å². The van der Waals surface area contributed by atoms with Crippen LogP contribution in [0.4, 0.5) is 0 Å². The highest BCUT2D eigenvalue weighted by atomic mass is 16.5. The average molecular weight is 411 g/mol. The van der Waals surface area contributed by atoms with Crippen LogP contribution in [0.1, 0.15) is 23.2 Å². The monoisotopic (exact) mass is 411 g/mol. The largest absolute Gasteiger partial charge is 0.492 e. The van der Waals surface area contributed by atoms with Gasteiger partial charge in [-0.05, 0) is 61.1 Å². The Morgan fingerprint density at radius 2 is 1.70 bits per heavy atom. The van der Waals surface area contributed by atoms with Crippen molar-refractivity contribution in [1.29, 1.82) is 0 Å². The second-order valence-corrected chi connectivity index (χ2v) is 8.15. The molecule has 0 spiro atoms. The first-order chi connectivity index (χ1) is 14.6. The zero-order valence-corrected chi connectivity index (χ0v) is 17.3. The molecule has 2 aliphatic rings. The summed E-state index contributed by atoms with van der Waals surface area (Å²) in [5, 5.41) is 10.6. The molecule has 160 valence electrons. The molecule has 2 fully saturated rings. The summed E-state index contributed by atoms with van der Waals surface area (Å²) in [4.78, 5) is 14.0. The highest BCUT2D eigenvalue weighted by molar-refractivity contribution is 5.89. The summed E-state index contributed by atoms with van der Waals surface area (Å²) in [5.41, 5.74) is 0.485. The quantitative estimate of drug-likeness (QED) is 0.707. The number of benzene rings is 2. The number of fused-ring (bicyclic) bond motifs is 1. The molecule has 0 unspecified atom stereocenters. The number of aliphatic hydroxyl groups excluding tert-OH is 1. The Kier molecular flexibility index (Phi) is 6.55. The van der Waals surface area contributed by atoms with Crippen LogP contribution in [0.2, 0.25) is 0 Å². The van der Waals surface area contributed by atoms with E-state index in [2.05, 4.69) is 4.90 Å². The number of para-hydroxylation sites is 1. The van der Waals surface area contributed by atoms with Gasteiger partial charge in [0.05, 0.1) is 18.8 Å². The maximum atomic E-state index is 11.6. The Morgan fingerprint density at radius 3 is 2.40 bits per heavy atom. The lowest BCUT2D eigenvalue weighted by molar-refractivity contribution is -0.0231. The van der Waals surface area contributed by atoms with Crippen LogP contribution in [-0.2, 0) is 4.74 Å². The number of carbonyl (C=O) groups is 1. The third-order valence-electron chi connectivity index (χ3n) is 6.14. The molecule has 1 heterocycles. The SMILES string of the molecule is COC(=O)c1ccc(O[C@H]2C[C@@H]3CN(CCOc4ccccc4)C[C@@H]3C[C@@H]2O)cc1. The van der Waals surface area contributed by atoms with Crippen molar-refractivity contribution in [2.75, 3.05) is 33.4 Å². The van der Waals surface area contributed by atoms with E-state index in [0.717, 1.165) is 38.2 Å². The van der Waals surface area contributed by atoms with Gasteiger partial charge < -0.3 is 19.3 Å². The summed E-state index contributed by atoms with van der Waals surface area (Å²) in [5.74, 6) is 2.21. The number of esters is 1. The van der Waals surface area contributed by atoms with Gasteiger partial charge in [0.2, 0.25) is 0 Å². The van der Waals surface area contributed by atoms with E-state index in [0.29, 0.717) is 29.8 Å². The van der Waals surface area contributed by atoms with E-state index < -0.39 is 6.10 Å². The Hall–Kier alpha value is -2.57. The molecule has 1 saturated carbocycles. The number of hydrogen-bond donors (Lipinski definition) is 1. The zero-order valence-electron chi connectivity index (χ0n) is 17.3. The summed E-state index contributed by atoms with van der Waals surface area (Å²) in [7, 11) is 1.36. The van der Waals surface area contributed by atoms with E-state index in [1.165, 1.54) is 7.11 Å². The fourth-order valence-corrected chi connectivity index (χ4v) is 4.57. The molecule has 1 N–H and O–H groups in total. The molecule has 6 heteroatoms. The average Bonchev–Trinajstić information content (AvgIpc) is 3.16. The minimum absolute atomic E-state index is 0.226. The molecular weight excluding hydrogens is 382 g/mol. The summed E-state index contributed by atoms with van der Waals surface area (Å²) >= 11 is 0. The zero-order chi connectivity index (χ0) is 20.9. The van der Waals surface area contributed by atoms with Crippen LogP contribution in [0, 0.1) is 11.8 Å². The van der Waals surface area contributed by atoms with Crippen molar-refractivity contribution >= 4 is 5.97 Å². The predicted molar refractivity (Wildman–Crippen MR) is 113 cm³/mol. The lowest BCUT2D eigenvalue weighted by Crippen LogP contribution is -2.42. The molecule has 30 heavy (non-hydrogen) atoms. The number of methoxy groups -OCH3 is 1. The normalized spacial score (nSPS) is 26.1. The van der Waals surface area contributed by atoms with Crippen molar-refractivity contribution in [2.45, 2.75) is 25.0 Å². The Morgan fingerprint density at radius 1 is 1.00 bits per heavy atom. The molecule has 6 nitrogen and oxygen atoms in total. The predicted octanol–water partition coefficient (Wildman–Crippen LogP) is 3.00. The Balaban J connectivity index is 1.27. The van der Waals surface area contributed by atoms with Crippen LogP contribution >= 0.6 is 0 Å². The number of nitrogens with zero attached hydrogens (tertiary/aromatic N) is 1. The standard InChI is InChI=1S/C24H29NO5/c1-28-24(27)17-7-9-21(10-8-17)30-23-14-19-16-25(15-18(19)13-22(23)26)11-12-29-20-5-3-2-4-6-20/h2-10,18-19,22-23,26H,11-16H2,1H3/t18-,19+,22-,23-/m0/s1. The highest BCUT2D eigenvalue weighted by Crippen LogP contribution is 2.38. The second kappa shape index (κ2) is 9.49. The molecule has 1 saturated heterocycles. The van der Waals surface area contributed by atoms with Crippen LogP contribution in [0.5, 0.6) is 11.5 Å². The number of rotatable bonds is 7. The Bertz CT molecular complexity index is 825. The van der Waals surface area contributed by atoms with Crippen LogP contribution in [0.3, 0.4) is 0 Å². The van der Waals surface area contributed by atoms with Gasteiger partial charge in [0, 0.05) is 19.6 Å². The molecule has 2 aromatic rings. The maximum Gasteiger partial charge on any atom is 0.337 e. The fraction of sp³-hybridized carbons (Fsp3) is 0.458. The minimum Gasteiger partial charge on any atom is -0.492 e. The third kappa shape index (κ3) is 4.94. The van der Waals surface area contributed by atoms with Gasteiger partial charge in [0.1, 0.15) is 24.2 Å². The molecule has 0 bridgehead atoms. The van der Waals surface area contributed by atoms with Crippen LogP contribution in [0.25, 0.3) is 0 Å². The van der Waals surface area contributed by atoms with Gasteiger partial charge in [-0.1, -0.05) is 18.2 Å². The highest BCUT2D eigenvalue weighted by Gasteiger charge is 2.42. The number of ether oxygens (including phenoxy) is 3. The van der Waals surface area contributed by atoms with Gasteiger partial charge in [-0.25, -0.2) is 4.79 Å². The van der Waals surface area contributed by atoms with E-state index in [1.807, 2.05) is 30.3 Å². The molecule has 4 atom stereocenters. The summed E-state index contributed by atoms with van der Waals surface area (Å²) in [6, 6.07) is 16.8. The van der Waals surface area contributed by atoms with Gasteiger partial charge in [-0.3, -0.25) is 4.90 Å². The summed E-state index contributed by atoms with van der Waals surface area (Å²) in [6.45, 7) is 3.56. The first kappa shape index (κ1) is 20.7. The van der Waals surface area contributed by atoms with E-state index in [1.54, 1.807) is 24.3 Å². The molecule has 4 rings (SSSR count). The molecule has 1 aliphatic carbocycles. The molecular formula is C24H29NO5. The van der Waals surface area contributed by atoms with Crippen LogP contribution in [-0.4, -0.2) is 61.5 Å². The van der Waals surface area contributed by atoms with Crippen molar-refractivity contribution in [3.63, 3.8) is 0 Å². The Labute approximate surface area is 177 Å². The van der Waals surface area contributed by atoms with Crippen molar-refractivity contribution in [3.8, 4) is 11.5 Å². The van der Waals surface area contributed by atoms with E-state index in [9.17, 15) is 9.90 Å². The number of aliphatic hydroxyl groups is 1. The van der Waals surface area contributed by atoms with Crippen molar-refractivity contribution in [2.24, 2.45) is 11.8 Å². The van der Waals surface area contributed by atoms with E-state index >= 15 is 0 Å². The van der Waals surface area contributed by atoms with Crippen molar-refractivity contribution < 1.29 is 24.1 Å². The molecule has 1 aliphatic heterocycles. The van der Waals surface area contributed by atoms with E-state index in [4.69, 9.17) is 14.2 Å². The van der Waals surface area contributed by atoms with Gasteiger partial charge >= 0.3 is 5.97 Å². The molecule has 2 aromatic carbocycles. The lowest BCUT2D eigenvalue weighted by atomic mass is 9.78. The van der Waals surface area contributed by atoms with Crippen LogP contribution < -0.4 is 9.47 Å². The number of hydrogen-bond acceptors (Lipinski definition) is 6. The number of likely N-dealkylation sites (tertiary alicyclic amines) is 1. The topological polar surface area (TPSA) is 68.2 Å². The summed E-state index contributed by atoms with van der Waals surface area (Å²) < 4.78 is 16.6. The third-order valence-corrected chi connectivity index (χ3v) is 6.14. The first-order valence-electron chi connectivity index (χ1n) is 10.6. The van der Waals surface area contributed by atoms with Gasteiger partial charge in [-0.15, -0.1) is 0 Å². The van der Waals surface area contributed by atoms with Crippen molar-refractivity contribution in [1.82, 2.24) is 4.90 Å². The second-order valence-electron chi connectivity index (χ2n) is 8.15. The fourth-order valence-electron chi connectivity index (χ4n) is 4.57. The van der Waals surface area contributed by atoms with Crippen molar-refractivity contribution in [3.05, 3.63) is 60.2 Å². The summed E-state index contributed by atoms with van der Waals surface area (Å²) in [6.07, 6.45) is 0.884. The molecule has 0 amide bonds. The van der Waals surface area contributed by atoms with E-state index in [-0.39, 0.29) is 12.1 Å². The number of carbonyl (C=O) groups excluding carboxylic acids is 1. The maximum absolute atomic E-state index is 11.6. The van der Waals surface area contributed by atoms with Gasteiger partial charge in [-0.2, -0.15) is 0 Å². The molecule has 0 aromatic heterocycles. The molecule has 0 radical (unpaired) electrons. The smallest absolute Gasteiger partial charge is 0.337 e.